The molecule has 0 spiro atoms. The second kappa shape index (κ2) is 6.09. The first-order valence-electron chi connectivity index (χ1n) is 5.32. The fraction of sp³-hybridized carbons (Fsp3) is 0.417. The van der Waals surface area contributed by atoms with Gasteiger partial charge < -0.3 is 5.11 Å². The minimum absolute atomic E-state index is 0.0892. The number of rotatable bonds is 5. The van der Waals surface area contributed by atoms with Crippen molar-refractivity contribution in [3.05, 3.63) is 35.4 Å². The summed E-state index contributed by atoms with van der Waals surface area (Å²) in [5.41, 5.74) is -1.10. The van der Waals surface area contributed by atoms with Gasteiger partial charge in [0.05, 0.1) is 11.5 Å². The normalized spacial score (nSPS) is 13.3. The Labute approximate surface area is 107 Å². The van der Waals surface area contributed by atoms with Gasteiger partial charge in [-0.05, 0) is 24.5 Å². The van der Waals surface area contributed by atoms with Crippen LogP contribution >= 0.6 is 11.6 Å². The lowest BCUT2D eigenvalue weighted by molar-refractivity contribution is -0.141. The van der Waals surface area contributed by atoms with Crippen LogP contribution in [0.2, 0.25) is 0 Å². The quantitative estimate of drug-likeness (QED) is 0.831. The van der Waals surface area contributed by atoms with E-state index < -0.39 is 23.6 Å². The van der Waals surface area contributed by atoms with Crippen LogP contribution in [0.5, 0.6) is 0 Å². The van der Waals surface area contributed by atoms with Crippen LogP contribution in [0.4, 0.5) is 13.2 Å². The average Bonchev–Trinajstić information content (AvgIpc) is 2.28. The Balaban J connectivity index is 3.16. The van der Waals surface area contributed by atoms with Crippen LogP contribution in [0.3, 0.4) is 0 Å². The Hall–Kier alpha value is -1.23. The molecule has 18 heavy (non-hydrogen) atoms. The molecule has 0 saturated carbocycles. The number of carboxylic acids is 1. The largest absolute Gasteiger partial charge is 0.481 e. The number of alkyl halides is 4. The molecule has 0 aliphatic carbocycles. The van der Waals surface area contributed by atoms with Crippen LogP contribution in [0.15, 0.2) is 24.3 Å². The highest BCUT2D eigenvalue weighted by molar-refractivity contribution is 6.17. The third kappa shape index (κ3) is 3.63. The van der Waals surface area contributed by atoms with E-state index in [1.165, 1.54) is 18.2 Å². The molecule has 0 amide bonds. The van der Waals surface area contributed by atoms with Gasteiger partial charge in [-0.25, -0.2) is 0 Å². The first-order valence-corrected chi connectivity index (χ1v) is 5.86. The standard InChI is InChI=1S/C12H12ClF3O2/c13-7-3-5-9(11(17)18)8-4-1-2-6-10(8)12(14,15)16/h1-2,4,6,9H,3,5,7H2,(H,17,18)/t9-/m0/s1. The Bertz CT molecular complexity index is 418. The van der Waals surface area contributed by atoms with Crippen LogP contribution in [0.25, 0.3) is 0 Å². The molecule has 0 saturated heterocycles. The topological polar surface area (TPSA) is 37.3 Å². The summed E-state index contributed by atoms with van der Waals surface area (Å²) in [5, 5.41) is 9.03. The third-order valence-corrected chi connectivity index (χ3v) is 2.83. The molecule has 1 aromatic rings. The molecule has 0 heterocycles. The first kappa shape index (κ1) is 14.8. The van der Waals surface area contributed by atoms with Crippen LogP contribution < -0.4 is 0 Å². The summed E-state index contributed by atoms with van der Waals surface area (Å²) in [5.74, 6) is -2.23. The number of halogens is 4. The van der Waals surface area contributed by atoms with Crippen molar-refractivity contribution in [2.75, 3.05) is 5.88 Å². The Morgan fingerprint density at radius 1 is 1.33 bits per heavy atom. The monoisotopic (exact) mass is 280 g/mol. The summed E-state index contributed by atoms with van der Waals surface area (Å²) in [6.07, 6.45) is -4.11. The fourth-order valence-corrected chi connectivity index (χ4v) is 1.91. The van der Waals surface area contributed by atoms with E-state index in [-0.39, 0.29) is 17.9 Å². The first-order chi connectivity index (χ1) is 8.38. The summed E-state index contributed by atoms with van der Waals surface area (Å²) in [6.45, 7) is 0. The van der Waals surface area contributed by atoms with Gasteiger partial charge in [-0.3, -0.25) is 4.79 Å². The van der Waals surface area contributed by atoms with Crippen molar-refractivity contribution in [2.24, 2.45) is 0 Å². The van der Waals surface area contributed by atoms with Gasteiger partial charge in [0.2, 0.25) is 0 Å². The van der Waals surface area contributed by atoms with Gasteiger partial charge in [-0.1, -0.05) is 18.2 Å². The molecule has 1 atom stereocenters. The molecular weight excluding hydrogens is 269 g/mol. The second-order valence-electron chi connectivity index (χ2n) is 3.81. The Morgan fingerprint density at radius 2 is 1.94 bits per heavy atom. The van der Waals surface area contributed by atoms with Gasteiger partial charge in [-0.15, -0.1) is 11.6 Å². The molecule has 0 bridgehead atoms. The van der Waals surface area contributed by atoms with E-state index >= 15 is 0 Å². The highest BCUT2D eigenvalue weighted by Gasteiger charge is 2.36. The van der Waals surface area contributed by atoms with E-state index in [1.807, 2.05) is 0 Å². The van der Waals surface area contributed by atoms with Crippen molar-refractivity contribution in [1.82, 2.24) is 0 Å². The summed E-state index contributed by atoms with van der Waals surface area (Å²) in [7, 11) is 0. The summed E-state index contributed by atoms with van der Waals surface area (Å²) in [6, 6.07) is 4.75. The zero-order valence-corrected chi connectivity index (χ0v) is 10.1. The molecule has 0 aliphatic rings. The molecule has 0 unspecified atom stereocenters. The summed E-state index contributed by atoms with van der Waals surface area (Å²) >= 11 is 5.45. The number of hydrogen-bond donors (Lipinski definition) is 1. The zero-order chi connectivity index (χ0) is 13.8. The molecule has 6 heteroatoms. The van der Waals surface area contributed by atoms with Crippen molar-refractivity contribution in [3.63, 3.8) is 0 Å². The lowest BCUT2D eigenvalue weighted by atomic mass is 9.90. The fourth-order valence-electron chi connectivity index (χ4n) is 1.75. The van der Waals surface area contributed by atoms with Gasteiger partial charge in [-0.2, -0.15) is 13.2 Å². The van der Waals surface area contributed by atoms with Gasteiger partial charge in [0, 0.05) is 5.88 Å². The predicted octanol–water partition coefficient (Wildman–Crippen LogP) is 3.89. The molecular formula is C12H12ClF3O2. The Kier molecular flexibility index (Phi) is 5.02. The smallest absolute Gasteiger partial charge is 0.416 e. The minimum Gasteiger partial charge on any atom is -0.481 e. The lowest BCUT2D eigenvalue weighted by Crippen LogP contribution is -2.18. The maximum Gasteiger partial charge on any atom is 0.416 e. The van der Waals surface area contributed by atoms with Crippen molar-refractivity contribution >= 4 is 17.6 Å². The molecule has 1 rings (SSSR count). The molecule has 2 nitrogen and oxygen atoms in total. The summed E-state index contributed by atoms with van der Waals surface area (Å²) in [4.78, 5) is 11.1. The molecule has 0 aromatic heterocycles. The van der Waals surface area contributed by atoms with Crippen LogP contribution in [0.1, 0.15) is 29.9 Å². The predicted molar refractivity (Wildman–Crippen MR) is 61.8 cm³/mol. The molecule has 1 N–H and O–H groups in total. The van der Waals surface area contributed by atoms with E-state index in [9.17, 15) is 18.0 Å². The van der Waals surface area contributed by atoms with Gasteiger partial charge in [0.1, 0.15) is 0 Å². The van der Waals surface area contributed by atoms with Crippen LogP contribution in [0, 0.1) is 0 Å². The van der Waals surface area contributed by atoms with E-state index in [4.69, 9.17) is 16.7 Å². The van der Waals surface area contributed by atoms with Crippen molar-refractivity contribution in [3.8, 4) is 0 Å². The molecule has 0 aliphatic heterocycles. The van der Waals surface area contributed by atoms with Gasteiger partial charge >= 0.3 is 12.1 Å². The molecule has 1 aromatic carbocycles. The Morgan fingerprint density at radius 3 is 2.44 bits per heavy atom. The van der Waals surface area contributed by atoms with Gasteiger partial charge in [0.25, 0.3) is 0 Å². The number of carbonyl (C=O) groups is 1. The average molecular weight is 281 g/mol. The third-order valence-electron chi connectivity index (χ3n) is 2.57. The number of aliphatic carboxylic acids is 1. The number of benzene rings is 1. The van der Waals surface area contributed by atoms with Crippen LogP contribution in [-0.2, 0) is 11.0 Å². The number of carboxylic acid groups (broad SMARTS) is 1. The van der Waals surface area contributed by atoms with E-state index in [0.717, 1.165) is 6.07 Å². The highest BCUT2D eigenvalue weighted by Crippen LogP contribution is 2.36. The molecule has 0 fully saturated rings. The highest BCUT2D eigenvalue weighted by atomic mass is 35.5. The van der Waals surface area contributed by atoms with E-state index in [2.05, 4.69) is 0 Å². The minimum atomic E-state index is -4.55. The second-order valence-corrected chi connectivity index (χ2v) is 4.19. The van der Waals surface area contributed by atoms with Crippen molar-refractivity contribution < 1.29 is 23.1 Å². The van der Waals surface area contributed by atoms with Gasteiger partial charge in [0.15, 0.2) is 0 Å². The SMILES string of the molecule is O=C(O)[C@@H](CCCCl)c1ccccc1C(F)(F)F. The van der Waals surface area contributed by atoms with Crippen molar-refractivity contribution in [1.29, 1.82) is 0 Å². The van der Waals surface area contributed by atoms with Crippen LogP contribution in [-0.4, -0.2) is 17.0 Å². The molecule has 100 valence electrons. The molecule has 0 radical (unpaired) electrons. The maximum absolute atomic E-state index is 12.8. The van der Waals surface area contributed by atoms with Crippen molar-refractivity contribution in [2.45, 2.75) is 24.9 Å². The van der Waals surface area contributed by atoms with E-state index in [0.29, 0.717) is 6.42 Å². The summed E-state index contributed by atoms with van der Waals surface area (Å²) < 4.78 is 38.3. The number of hydrogen-bond acceptors (Lipinski definition) is 1. The maximum atomic E-state index is 12.8. The zero-order valence-electron chi connectivity index (χ0n) is 9.38. The lowest BCUT2D eigenvalue weighted by Gasteiger charge is -2.18. The van der Waals surface area contributed by atoms with E-state index in [1.54, 1.807) is 0 Å².